The Hall–Kier alpha value is -1.60. The van der Waals surface area contributed by atoms with Gasteiger partial charge in [-0.3, -0.25) is 0 Å². The minimum atomic E-state index is 0.795. The molecule has 2 heterocycles. The largest absolute Gasteiger partial charge is 0.369 e. The van der Waals surface area contributed by atoms with Gasteiger partial charge in [-0.25, -0.2) is 9.97 Å². The smallest absolute Gasteiger partial charge is 0.138 e. The van der Waals surface area contributed by atoms with Gasteiger partial charge in [0.25, 0.3) is 0 Å². The molecular formula is C13H15N3S. The summed E-state index contributed by atoms with van der Waals surface area (Å²) in [4.78, 5) is 11.0. The second-order valence-electron chi connectivity index (χ2n) is 3.92. The summed E-state index contributed by atoms with van der Waals surface area (Å²) < 4.78 is 0. The topological polar surface area (TPSA) is 37.8 Å². The lowest BCUT2D eigenvalue weighted by Gasteiger charge is -2.05. The fourth-order valence-corrected chi connectivity index (χ4v) is 2.71. The van der Waals surface area contributed by atoms with Gasteiger partial charge in [0.05, 0.1) is 5.39 Å². The first kappa shape index (κ1) is 11.9. The first-order valence-corrected chi connectivity index (χ1v) is 6.43. The van der Waals surface area contributed by atoms with Crippen LogP contribution < -0.4 is 5.32 Å². The summed E-state index contributed by atoms with van der Waals surface area (Å²) in [5.41, 5.74) is 1.27. The van der Waals surface area contributed by atoms with Crippen molar-refractivity contribution < 1.29 is 0 Å². The molecule has 0 fully saturated rings. The van der Waals surface area contributed by atoms with Gasteiger partial charge in [-0.1, -0.05) is 0 Å². The molecule has 0 unspecified atom stereocenters. The van der Waals surface area contributed by atoms with E-state index in [1.807, 2.05) is 0 Å². The molecule has 1 N–H and O–H groups in total. The van der Waals surface area contributed by atoms with Gasteiger partial charge >= 0.3 is 0 Å². The van der Waals surface area contributed by atoms with Crippen molar-refractivity contribution in [1.29, 1.82) is 0 Å². The van der Waals surface area contributed by atoms with Gasteiger partial charge < -0.3 is 5.32 Å². The van der Waals surface area contributed by atoms with Crippen molar-refractivity contribution in [1.82, 2.24) is 9.97 Å². The molecule has 0 aliphatic carbocycles. The summed E-state index contributed by atoms with van der Waals surface area (Å²) in [5, 5.41) is 4.49. The summed E-state index contributed by atoms with van der Waals surface area (Å²) in [5.74, 6) is 3.56. The average Bonchev–Trinajstić information content (AvgIpc) is 2.62. The number of aryl methyl sites for hydroxylation is 2. The Morgan fingerprint density at radius 2 is 2.24 bits per heavy atom. The van der Waals surface area contributed by atoms with Crippen LogP contribution in [0.5, 0.6) is 0 Å². The van der Waals surface area contributed by atoms with Crippen LogP contribution in [0, 0.1) is 26.2 Å². The molecule has 0 radical (unpaired) electrons. The van der Waals surface area contributed by atoms with Crippen molar-refractivity contribution in [2.45, 2.75) is 26.7 Å². The van der Waals surface area contributed by atoms with Gasteiger partial charge in [-0.2, -0.15) is 0 Å². The van der Waals surface area contributed by atoms with E-state index < -0.39 is 0 Å². The predicted molar refractivity (Wildman–Crippen MR) is 73.4 cm³/mol. The average molecular weight is 245 g/mol. The number of nitrogens with zero attached hydrogens (tertiary/aromatic N) is 2. The zero-order valence-corrected chi connectivity index (χ0v) is 10.9. The van der Waals surface area contributed by atoms with Crippen LogP contribution in [0.1, 0.15) is 23.3 Å². The molecule has 0 aromatic carbocycles. The molecule has 4 heteroatoms. The third-order valence-electron chi connectivity index (χ3n) is 2.76. The van der Waals surface area contributed by atoms with Gasteiger partial charge in [0.2, 0.25) is 0 Å². The molecule has 2 aromatic rings. The molecule has 0 aliphatic heterocycles. The maximum absolute atomic E-state index is 5.22. The zero-order valence-electron chi connectivity index (χ0n) is 10.1. The number of fused-ring (bicyclic) bond motifs is 1. The predicted octanol–water partition coefficient (Wildman–Crippen LogP) is 3.13. The van der Waals surface area contributed by atoms with E-state index in [0.29, 0.717) is 0 Å². The van der Waals surface area contributed by atoms with Crippen LogP contribution in [-0.4, -0.2) is 16.5 Å². The highest BCUT2D eigenvalue weighted by atomic mass is 32.1. The summed E-state index contributed by atoms with van der Waals surface area (Å²) >= 11 is 1.71. The Balaban J connectivity index is 2.25. The fourth-order valence-electron chi connectivity index (χ4n) is 1.71. The summed E-state index contributed by atoms with van der Waals surface area (Å²) in [7, 11) is 0. The Morgan fingerprint density at radius 1 is 1.41 bits per heavy atom. The Labute approximate surface area is 105 Å². The zero-order chi connectivity index (χ0) is 12.3. The van der Waals surface area contributed by atoms with Gasteiger partial charge in [0.1, 0.15) is 17.0 Å². The van der Waals surface area contributed by atoms with E-state index >= 15 is 0 Å². The normalized spacial score (nSPS) is 10.4. The SMILES string of the molecule is C#CCCCNc1ncnc2sc(C)c(C)c12. The maximum atomic E-state index is 5.22. The number of anilines is 1. The molecule has 0 aliphatic rings. The van der Waals surface area contributed by atoms with Crippen LogP contribution in [0.2, 0.25) is 0 Å². The second kappa shape index (κ2) is 5.15. The van der Waals surface area contributed by atoms with Crippen LogP contribution in [0.4, 0.5) is 5.82 Å². The van der Waals surface area contributed by atoms with Crippen molar-refractivity contribution in [3.05, 3.63) is 16.8 Å². The van der Waals surface area contributed by atoms with Gasteiger partial charge in [0.15, 0.2) is 0 Å². The minimum Gasteiger partial charge on any atom is -0.369 e. The van der Waals surface area contributed by atoms with Gasteiger partial charge in [-0.15, -0.1) is 23.7 Å². The first-order chi connectivity index (χ1) is 8.24. The van der Waals surface area contributed by atoms with E-state index in [4.69, 9.17) is 6.42 Å². The number of nitrogens with one attached hydrogen (secondary N) is 1. The Bertz CT molecular complexity index is 566. The van der Waals surface area contributed by atoms with Crippen molar-refractivity contribution >= 4 is 27.4 Å². The number of aromatic nitrogens is 2. The molecule has 0 amide bonds. The molecule has 3 nitrogen and oxygen atoms in total. The molecule has 2 rings (SSSR count). The van der Waals surface area contributed by atoms with Crippen LogP contribution in [0.25, 0.3) is 10.2 Å². The number of hydrogen-bond acceptors (Lipinski definition) is 4. The van der Waals surface area contributed by atoms with Gasteiger partial charge in [0, 0.05) is 17.8 Å². The van der Waals surface area contributed by atoms with E-state index in [2.05, 4.69) is 35.1 Å². The van der Waals surface area contributed by atoms with E-state index in [0.717, 1.165) is 35.4 Å². The molecule has 0 saturated carbocycles. The minimum absolute atomic E-state index is 0.795. The monoisotopic (exact) mass is 245 g/mol. The van der Waals surface area contributed by atoms with Crippen LogP contribution >= 0.6 is 11.3 Å². The van der Waals surface area contributed by atoms with Crippen LogP contribution in [0.15, 0.2) is 6.33 Å². The highest BCUT2D eigenvalue weighted by molar-refractivity contribution is 7.18. The van der Waals surface area contributed by atoms with E-state index in [-0.39, 0.29) is 0 Å². The number of hydrogen-bond donors (Lipinski definition) is 1. The van der Waals surface area contributed by atoms with Crippen molar-refractivity contribution in [2.24, 2.45) is 0 Å². The van der Waals surface area contributed by atoms with Crippen molar-refractivity contribution in [2.75, 3.05) is 11.9 Å². The van der Waals surface area contributed by atoms with Crippen LogP contribution in [-0.2, 0) is 0 Å². The molecule has 88 valence electrons. The standard InChI is InChI=1S/C13H15N3S/c1-4-5-6-7-14-12-11-9(2)10(3)17-13(11)16-8-15-12/h1,8H,5-7H2,2-3H3,(H,14,15,16). The number of rotatable bonds is 4. The highest BCUT2D eigenvalue weighted by Gasteiger charge is 2.10. The molecular weight excluding hydrogens is 230 g/mol. The van der Waals surface area contributed by atoms with Crippen molar-refractivity contribution in [3.8, 4) is 12.3 Å². The van der Waals surface area contributed by atoms with E-state index in [9.17, 15) is 0 Å². The summed E-state index contributed by atoms with van der Waals surface area (Å²) in [6.07, 6.45) is 8.59. The fraction of sp³-hybridized carbons (Fsp3) is 0.385. The number of unbranched alkanes of at least 4 members (excludes halogenated alkanes) is 1. The second-order valence-corrected chi connectivity index (χ2v) is 5.12. The highest BCUT2D eigenvalue weighted by Crippen LogP contribution is 2.32. The van der Waals surface area contributed by atoms with Crippen molar-refractivity contribution in [3.63, 3.8) is 0 Å². The third-order valence-corrected chi connectivity index (χ3v) is 3.87. The quantitative estimate of drug-likeness (QED) is 0.664. The Kier molecular flexibility index (Phi) is 3.60. The molecule has 0 bridgehead atoms. The number of thiophene rings is 1. The number of terminal acetylenes is 1. The molecule has 2 aromatic heterocycles. The summed E-state index contributed by atoms with van der Waals surface area (Å²) in [6, 6.07) is 0. The van der Waals surface area contributed by atoms with E-state index in [1.165, 1.54) is 10.4 Å². The lowest BCUT2D eigenvalue weighted by atomic mass is 10.2. The maximum Gasteiger partial charge on any atom is 0.138 e. The van der Waals surface area contributed by atoms with Gasteiger partial charge in [-0.05, 0) is 25.8 Å². The lowest BCUT2D eigenvalue weighted by molar-refractivity contribution is 0.902. The molecule has 0 saturated heterocycles. The summed E-state index contributed by atoms with van der Waals surface area (Å²) in [6.45, 7) is 5.08. The molecule has 0 spiro atoms. The first-order valence-electron chi connectivity index (χ1n) is 5.62. The molecule has 0 atom stereocenters. The van der Waals surface area contributed by atoms with E-state index in [1.54, 1.807) is 17.7 Å². The Morgan fingerprint density at radius 3 is 3.00 bits per heavy atom. The third kappa shape index (κ3) is 2.40. The lowest BCUT2D eigenvalue weighted by Crippen LogP contribution is -2.03. The van der Waals surface area contributed by atoms with Crippen LogP contribution in [0.3, 0.4) is 0 Å². The molecule has 17 heavy (non-hydrogen) atoms.